The Kier molecular flexibility index (Phi) is 6.54. The summed E-state index contributed by atoms with van der Waals surface area (Å²) in [6, 6.07) is 8.23. The Labute approximate surface area is 110 Å². The van der Waals surface area contributed by atoms with Gasteiger partial charge in [0.2, 0.25) is 0 Å². The largest absolute Gasteiger partial charge is 0.382 e. The highest BCUT2D eigenvalue weighted by molar-refractivity contribution is 5.53. The van der Waals surface area contributed by atoms with Crippen LogP contribution in [0.15, 0.2) is 24.3 Å². The molecule has 0 radical (unpaired) electrons. The van der Waals surface area contributed by atoms with Crippen molar-refractivity contribution in [1.29, 1.82) is 0 Å². The molecular weight excluding hydrogens is 228 g/mol. The first-order valence-electron chi connectivity index (χ1n) is 6.29. The molecule has 0 heterocycles. The molecule has 1 aromatic carbocycles. The first-order valence-corrected chi connectivity index (χ1v) is 6.29. The van der Waals surface area contributed by atoms with Crippen LogP contribution in [0.5, 0.6) is 0 Å². The quantitative estimate of drug-likeness (QED) is 0.746. The van der Waals surface area contributed by atoms with Gasteiger partial charge in [-0.2, -0.15) is 0 Å². The molecular formula is C14H24N2O2. The number of anilines is 2. The fourth-order valence-corrected chi connectivity index (χ4v) is 1.40. The third kappa shape index (κ3) is 5.38. The van der Waals surface area contributed by atoms with Crippen LogP contribution in [0.3, 0.4) is 0 Å². The van der Waals surface area contributed by atoms with Gasteiger partial charge in [-0.05, 0) is 38.1 Å². The second-order valence-corrected chi connectivity index (χ2v) is 4.43. The molecule has 18 heavy (non-hydrogen) atoms. The maximum atomic E-state index is 5.18. The van der Waals surface area contributed by atoms with Crippen LogP contribution in [0.1, 0.15) is 13.8 Å². The van der Waals surface area contributed by atoms with E-state index in [1.54, 1.807) is 14.2 Å². The summed E-state index contributed by atoms with van der Waals surface area (Å²) in [5.41, 5.74) is 2.20. The Morgan fingerprint density at radius 2 is 1.17 bits per heavy atom. The number of benzene rings is 1. The fourth-order valence-electron chi connectivity index (χ4n) is 1.40. The van der Waals surface area contributed by atoms with Gasteiger partial charge in [0.15, 0.2) is 0 Å². The maximum Gasteiger partial charge on any atom is 0.0715 e. The van der Waals surface area contributed by atoms with Crippen LogP contribution >= 0.6 is 0 Å². The summed E-state index contributed by atoms with van der Waals surface area (Å²) in [7, 11) is 3.44. The van der Waals surface area contributed by atoms with Crippen LogP contribution in [0, 0.1) is 0 Å². The van der Waals surface area contributed by atoms with Crippen LogP contribution in [-0.2, 0) is 9.47 Å². The molecule has 0 spiro atoms. The van der Waals surface area contributed by atoms with Crippen molar-refractivity contribution in [2.45, 2.75) is 26.1 Å². The van der Waals surface area contributed by atoms with Crippen molar-refractivity contribution in [3.63, 3.8) is 0 Å². The zero-order valence-corrected chi connectivity index (χ0v) is 11.7. The molecule has 0 fully saturated rings. The van der Waals surface area contributed by atoms with E-state index in [2.05, 4.69) is 34.9 Å². The van der Waals surface area contributed by atoms with Crippen molar-refractivity contribution in [2.75, 3.05) is 37.9 Å². The van der Waals surface area contributed by atoms with Crippen molar-refractivity contribution in [2.24, 2.45) is 0 Å². The highest BCUT2D eigenvalue weighted by Crippen LogP contribution is 2.13. The molecule has 2 unspecified atom stereocenters. The van der Waals surface area contributed by atoms with Gasteiger partial charge in [0.05, 0.1) is 12.2 Å². The molecule has 102 valence electrons. The van der Waals surface area contributed by atoms with Crippen molar-refractivity contribution in [3.8, 4) is 0 Å². The molecule has 0 saturated carbocycles. The summed E-state index contributed by atoms with van der Waals surface area (Å²) < 4.78 is 10.4. The standard InChI is InChI=1S/C14H24N2O2/c1-11(17-3)9-15-13-5-7-14(8-6-13)16-10-12(2)18-4/h5-8,11-12,15-16H,9-10H2,1-4H3. The van der Waals surface area contributed by atoms with Crippen LogP contribution < -0.4 is 10.6 Å². The van der Waals surface area contributed by atoms with Crippen molar-refractivity contribution in [1.82, 2.24) is 0 Å². The van der Waals surface area contributed by atoms with E-state index in [1.807, 2.05) is 13.8 Å². The average molecular weight is 252 g/mol. The van der Waals surface area contributed by atoms with Crippen molar-refractivity contribution >= 4 is 11.4 Å². The van der Waals surface area contributed by atoms with Crippen LogP contribution in [0.2, 0.25) is 0 Å². The highest BCUT2D eigenvalue weighted by atomic mass is 16.5. The molecule has 0 aromatic heterocycles. The highest BCUT2D eigenvalue weighted by Gasteiger charge is 2.00. The van der Waals surface area contributed by atoms with E-state index in [9.17, 15) is 0 Å². The van der Waals surface area contributed by atoms with Gasteiger partial charge >= 0.3 is 0 Å². The monoisotopic (exact) mass is 252 g/mol. The molecule has 2 atom stereocenters. The predicted molar refractivity (Wildman–Crippen MR) is 76.4 cm³/mol. The summed E-state index contributed by atoms with van der Waals surface area (Å²) in [5.74, 6) is 0. The van der Waals surface area contributed by atoms with Crippen LogP contribution in [-0.4, -0.2) is 39.5 Å². The second kappa shape index (κ2) is 7.95. The van der Waals surface area contributed by atoms with Crippen LogP contribution in [0.4, 0.5) is 11.4 Å². The topological polar surface area (TPSA) is 42.5 Å². The number of methoxy groups -OCH3 is 2. The summed E-state index contributed by atoms with van der Waals surface area (Å²) in [4.78, 5) is 0. The molecule has 4 heteroatoms. The van der Waals surface area contributed by atoms with Gasteiger partial charge in [-0.1, -0.05) is 0 Å². The molecule has 1 aromatic rings. The number of nitrogens with one attached hydrogen (secondary N) is 2. The van der Waals surface area contributed by atoms with Crippen molar-refractivity contribution in [3.05, 3.63) is 24.3 Å². The molecule has 1 rings (SSSR count). The Morgan fingerprint density at radius 1 is 0.833 bits per heavy atom. The average Bonchev–Trinajstić information content (AvgIpc) is 2.43. The number of hydrogen-bond acceptors (Lipinski definition) is 4. The lowest BCUT2D eigenvalue weighted by Gasteiger charge is -2.14. The van der Waals surface area contributed by atoms with Gasteiger partial charge in [-0.3, -0.25) is 0 Å². The zero-order chi connectivity index (χ0) is 13.4. The van der Waals surface area contributed by atoms with E-state index in [-0.39, 0.29) is 12.2 Å². The Hall–Kier alpha value is -1.26. The Bertz CT molecular complexity index is 294. The maximum absolute atomic E-state index is 5.18. The molecule has 0 aliphatic rings. The normalized spacial score (nSPS) is 14.0. The van der Waals surface area contributed by atoms with E-state index >= 15 is 0 Å². The lowest BCUT2D eigenvalue weighted by atomic mass is 10.2. The summed E-state index contributed by atoms with van der Waals surface area (Å²) in [6.45, 7) is 5.69. The number of ether oxygens (including phenoxy) is 2. The van der Waals surface area contributed by atoms with Gasteiger partial charge in [0.25, 0.3) is 0 Å². The summed E-state index contributed by atoms with van der Waals surface area (Å²) in [6.07, 6.45) is 0.427. The first kappa shape index (κ1) is 14.8. The molecule has 0 aliphatic heterocycles. The Morgan fingerprint density at radius 3 is 1.44 bits per heavy atom. The molecule has 0 saturated heterocycles. The molecule has 0 aliphatic carbocycles. The van der Waals surface area contributed by atoms with E-state index in [0.29, 0.717) is 0 Å². The fraction of sp³-hybridized carbons (Fsp3) is 0.571. The van der Waals surface area contributed by atoms with E-state index in [4.69, 9.17) is 9.47 Å². The van der Waals surface area contributed by atoms with Gasteiger partial charge in [0.1, 0.15) is 0 Å². The minimum absolute atomic E-state index is 0.213. The Balaban J connectivity index is 2.37. The van der Waals surface area contributed by atoms with E-state index in [0.717, 1.165) is 24.5 Å². The number of rotatable bonds is 8. The zero-order valence-electron chi connectivity index (χ0n) is 11.7. The first-order chi connectivity index (χ1) is 8.65. The van der Waals surface area contributed by atoms with Crippen molar-refractivity contribution < 1.29 is 9.47 Å². The minimum Gasteiger partial charge on any atom is -0.382 e. The molecule has 0 amide bonds. The molecule has 0 bridgehead atoms. The lowest BCUT2D eigenvalue weighted by Crippen LogP contribution is -2.18. The van der Waals surface area contributed by atoms with Gasteiger partial charge in [-0.15, -0.1) is 0 Å². The minimum atomic E-state index is 0.213. The van der Waals surface area contributed by atoms with Gasteiger partial charge in [0, 0.05) is 38.7 Å². The smallest absolute Gasteiger partial charge is 0.0715 e. The summed E-state index contributed by atoms with van der Waals surface area (Å²) in [5, 5.41) is 6.64. The predicted octanol–water partition coefficient (Wildman–Crippen LogP) is 2.58. The lowest BCUT2D eigenvalue weighted by molar-refractivity contribution is 0.128. The second-order valence-electron chi connectivity index (χ2n) is 4.43. The third-order valence-corrected chi connectivity index (χ3v) is 2.88. The van der Waals surface area contributed by atoms with Crippen LogP contribution in [0.25, 0.3) is 0 Å². The summed E-state index contributed by atoms with van der Waals surface area (Å²) >= 11 is 0. The SMILES string of the molecule is COC(C)CNc1ccc(NCC(C)OC)cc1. The van der Waals surface area contributed by atoms with Gasteiger partial charge in [-0.25, -0.2) is 0 Å². The number of hydrogen-bond donors (Lipinski definition) is 2. The molecule has 2 N–H and O–H groups in total. The molecule has 4 nitrogen and oxygen atoms in total. The van der Waals surface area contributed by atoms with Gasteiger partial charge < -0.3 is 20.1 Å². The third-order valence-electron chi connectivity index (χ3n) is 2.88. The van der Waals surface area contributed by atoms with E-state index in [1.165, 1.54) is 0 Å². The van der Waals surface area contributed by atoms with E-state index < -0.39 is 0 Å².